The van der Waals surface area contributed by atoms with Crippen molar-refractivity contribution in [3.8, 4) is 11.5 Å². The zero-order chi connectivity index (χ0) is 15.7. The zero-order valence-corrected chi connectivity index (χ0v) is 12.7. The SMILES string of the molecule is COc1cc2nc(N3CCCC3CO)nc(N)c2cc1OC. The number of hydrogen-bond donors (Lipinski definition) is 2. The van der Waals surface area contributed by atoms with Crippen LogP contribution < -0.4 is 20.1 Å². The van der Waals surface area contributed by atoms with Gasteiger partial charge < -0.3 is 25.2 Å². The van der Waals surface area contributed by atoms with Crippen LogP contribution in [-0.4, -0.2) is 48.5 Å². The first-order valence-corrected chi connectivity index (χ1v) is 7.24. The number of nitrogen functional groups attached to an aromatic ring is 1. The Balaban J connectivity index is 2.11. The van der Waals surface area contributed by atoms with Gasteiger partial charge in [-0.25, -0.2) is 4.98 Å². The van der Waals surface area contributed by atoms with E-state index >= 15 is 0 Å². The molecule has 2 aromatic rings. The van der Waals surface area contributed by atoms with Crippen LogP contribution in [0.4, 0.5) is 11.8 Å². The highest BCUT2D eigenvalue weighted by molar-refractivity contribution is 5.91. The molecular weight excluding hydrogens is 284 g/mol. The van der Waals surface area contributed by atoms with Crippen LogP contribution in [-0.2, 0) is 0 Å². The van der Waals surface area contributed by atoms with Crippen molar-refractivity contribution in [1.82, 2.24) is 9.97 Å². The van der Waals surface area contributed by atoms with E-state index < -0.39 is 0 Å². The lowest BCUT2D eigenvalue weighted by molar-refractivity contribution is 0.265. The summed E-state index contributed by atoms with van der Waals surface area (Å²) in [7, 11) is 3.16. The number of hydrogen-bond acceptors (Lipinski definition) is 7. The molecule has 2 heterocycles. The Hall–Kier alpha value is -2.28. The van der Waals surface area contributed by atoms with Crippen molar-refractivity contribution in [3.05, 3.63) is 12.1 Å². The van der Waals surface area contributed by atoms with E-state index in [0.717, 1.165) is 24.8 Å². The van der Waals surface area contributed by atoms with Crippen LogP contribution in [0.5, 0.6) is 11.5 Å². The molecule has 0 saturated carbocycles. The minimum absolute atomic E-state index is 0.0528. The summed E-state index contributed by atoms with van der Waals surface area (Å²) >= 11 is 0. The maximum atomic E-state index is 9.47. The van der Waals surface area contributed by atoms with Gasteiger partial charge in [-0.3, -0.25) is 0 Å². The van der Waals surface area contributed by atoms with Crippen LogP contribution in [0.3, 0.4) is 0 Å². The summed E-state index contributed by atoms with van der Waals surface area (Å²) in [5.74, 6) is 2.13. The highest BCUT2D eigenvalue weighted by atomic mass is 16.5. The lowest BCUT2D eigenvalue weighted by Crippen LogP contribution is -2.33. The molecule has 1 fully saturated rings. The van der Waals surface area contributed by atoms with Gasteiger partial charge in [-0.2, -0.15) is 4.98 Å². The molecule has 0 radical (unpaired) electrons. The summed E-state index contributed by atoms with van der Waals surface area (Å²) in [6.45, 7) is 0.913. The normalized spacial score (nSPS) is 18.0. The highest BCUT2D eigenvalue weighted by Crippen LogP contribution is 2.34. The number of rotatable bonds is 4. The van der Waals surface area contributed by atoms with Crippen molar-refractivity contribution in [1.29, 1.82) is 0 Å². The predicted octanol–water partition coefficient (Wildman–Crippen LogP) is 1.19. The molecule has 0 amide bonds. The van der Waals surface area contributed by atoms with E-state index in [2.05, 4.69) is 9.97 Å². The largest absolute Gasteiger partial charge is 0.493 e. The Morgan fingerprint density at radius 3 is 2.68 bits per heavy atom. The standard InChI is InChI=1S/C15H20N4O3/c1-21-12-6-10-11(7-13(12)22-2)17-15(18-14(10)16)19-5-3-4-9(19)8-20/h6-7,9,20H,3-5,8H2,1-2H3,(H2,16,17,18). The molecule has 1 aromatic heterocycles. The molecular formula is C15H20N4O3. The Kier molecular flexibility index (Phi) is 3.89. The summed E-state index contributed by atoms with van der Waals surface area (Å²) in [6, 6.07) is 3.62. The van der Waals surface area contributed by atoms with E-state index in [1.165, 1.54) is 0 Å². The predicted molar refractivity (Wildman–Crippen MR) is 84.5 cm³/mol. The number of aliphatic hydroxyl groups excluding tert-OH is 1. The first-order chi connectivity index (χ1) is 10.7. The Morgan fingerprint density at radius 2 is 2.00 bits per heavy atom. The molecule has 1 atom stereocenters. The molecule has 22 heavy (non-hydrogen) atoms. The molecule has 3 N–H and O–H groups in total. The summed E-state index contributed by atoms with van der Waals surface area (Å²) < 4.78 is 10.6. The number of aromatic nitrogens is 2. The number of benzene rings is 1. The van der Waals surface area contributed by atoms with Gasteiger partial charge in [0.1, 0.15) is 5.82 Å². The van der Waals surface area contributed by atoms with E-state index in [1.54, 1.807) is 26.4 Å². The van der Waals surface area contributed by atoms with Crippen LogP contribution in [0, 0.1) is 0 Å². The second-order valence-electron chi connectivity index (χ2n) is 5.31. The monoisotopic (exact) mass is 304 g/mol. The van der Waals surface area contributed by atoms with Crippen LogP contribution in [0.1, 0.15) is 12.8 Å². The average molecular weight is 304 g/mol. The third-order valence-corrected chi connectivity index (χ3v) is 4.06. The van der Waals surface area contributed by atoms with Gasteiger partial charge in [0, 0.05) is 18.0 Å². The summed E-state index contributed by atoms with van der Waals surface area (Å²) in [5.41, 5.74) is 6.79. The van der Waals surface area contributed by atoms with Crippen LogP contribution in [0.25, 0.3) is 10.9 Å². The maximum absolute atomic E-state index is 9.47. The lowest BCUT2D eigenvalue weighted by atomic mass is 10.2. The van der Waals surface area contributed by atoms with E-state index in [4.69, 9.17) is 15.2 Å². The molecule has 118 valence electrons. The molecule has 1 saturated heterocycles. The zero-order valence-electron chi connectivity index (χ0n) is 12.7. The smallest absolute Gasteiger partial charge is 0.228 e. The first kappa shape index (κ1) is 14.6. The highest BCUT2D eigenvalue weighted by Gasteiger charge is 2.26. The molecule has 7 nitrogen and oxygen atoms in total. The number of methoxy groups -OCH3 is 2. The Morgan fingerprint density at radius 1 is 1.27 bits per heavy atom. The summed E-state index contributed by atoms with van der Waals surface area (Å²) in [4.78, 5) is 11.0. The van der Waals surface area contributed by atoms with Crippen molar-refractivity contribution in [2.75, 3.05) is 38.0 Å². The molecule has 3 rings (SSSR count). The van der Waals surface area contributed by atoms with Crippen molar-refractivity contribution in [2.45, 2.75) is 18.9 Å². The number of fused-ring (bicyclic) bond motifs is 1. The molecule has 0 bridgehead atoms. The maximum Gasteiger partial charge on any atom is 0.228 e. The van der Waals surface area contributed by atoms with Gasteiger partial charge in [-0.15, -0.1) is 0 Å². The van der Waals surface area contributed by atoms with Crippen molar-refractivity contribution >= 4 is 22.7 Å². The fraction of sp³-hybridized carbons (Fsp3) is 0.467. The molecule has 0 spiro atoms. The van der Waals surface area contributed by atoms with Crippen molar-refractivity contribution in [2.24, 2.45) is 0 Å². The van der Waals surface area contributed by atoms with Crippen molar-refractivity contribution < 1.29 is 14.6 Å². The minimum Gasteiger partial charge on any atom is -0.493 e. The second kappa shape index (κ2) is 5.84. The van der Waals surface area contributed by atoms with Gasteiger partial charge >= 0.3 is 0 Å². The van der Waals surface area contributed by atoms with E-state index in [1.807, 2.05) is 4.90 Å². The topological polar surface area (TPSA) is 93.7 Å². The average Bonchev–Trinajstić information content (AvgIpc) is 3.02. The summed E-state index contributed by atoms with van der Waals surface area (Å²) in [5, 5.41) is 10.2. The molecule has 1 aliphatic heterocycles. The van der Waals surface area contributed by atoms with Gasteiger partial charge in [0.15, 0.2) is 11.5 Å². The Bertz CT molecular complexity index is 692. The van der Waals surface area contributed by atoms with E-state index in [-0.39, 0.29) is 12.6 Å². The molecule has 0 aliphatic carbocycles. The van der Waals surface area contributed by atoms with Crippen LogP contribution in [0.15, 0.2) is 12.1 Å². The van der Waals surface area contributed by atoms with Crippen LogP contribution in [0.2, 0.25) is 0 Å². The first-order valence-electron chi connectivity index (χ1n) is 7.24. The molecule has 1 unspecified atom stereocenters. The molecule has 1 aliphatic rings. The van der Waals surface area contributed by atoms with E-state index in [9.17, 15) is 5.11 Å². The molecule has 7 heteroatoms. The van der Waals surface area contributed by atoms with Gasteiger partial charge in [0.25, 0.3) is 0 Å². The van der Waals surface area contributed by atoms with Crippen molar-refractivity contribution in [3.63, 3.8) is 0 Å². The van der Waals surface area contributed by atoms with E-state index in [0.29, 0.717) is 28.8 Å². The number of aliphatic hydroxyl groups is 1. The number of ether oxygens (including phenoxy) is 2. The fourth-order valence-electron chi connectivity index (χ4n) is 2.88. The van der Waals surface area contributed by atoms with Gasteiger partial charge in [-0.05, 0) is 18.9 Å². The number of nitrogens with zero attached hydrogens (tertiary/aromatic N) is 3. The van der Waals surface area contributed by atoms with Gasteiger partial charge in [-0.1, -0.05) is 0 Å². The quantitative estimate of drug-likeness (QED) is 0.876. The second-order valence-corrected chi connectivity index (χ2v) is 5.31. The third kappa shape index (κ3) is 2.37. The fourth-order valence-corrected chi connectivity index (χ4v) is 2.88. The summed E-state index contributed by atoms with van der Waals surface area (Å²) in [6.07, 6.45) is 1.95. The van der Waals surface area contributed by atoms with Gasteiger partial charge in [0.2, 0.25) is 5.95 Å². The third-order valence-electron chi connectivity index (χ3n) is 4.06. The molecule has 1 aromatic carbocycles. The van der Waals surface area contributed by atoms with Gasteiger partial charge in [0.05, 0.1) is 32.4 Å². The lowest BCUT2D eigenvalue weighted by Gasteiger charge is -2.23. The number of anilines is 2. The Labute approximate surface area is 128 Å². The van der Waals surface area contributed by atoms with Crippen LogP contribution >= 0.6 is 0 Å². The minimum atomic E-state index is 0.0528. The number of nitrogens with two attached hydrogens (primary N) is 1.